The fourth-order valence-electron chi connectivity index (χ4n) is 2.64. The normalized spacial score (nSPS) is 21.4. The lowest BCUT2D eigenvalue weighted by Gasteiger charge is -2.24. The van der Waals surface area contributed by atoms with Crippen LogP contribution in [0.15, 0.2) is 24.3 Å². The Balaban J connectivity index is 2.14. The predicted octanol–water partition coefficient (Wildman–Crippen LogP) is 3.64. The van der Waals surface area contributed by atoms with Gasteiger partial charge in [0.1, 0.15) is 0 Å². The number of benzene rings is 1. The quantitative estimate of drug-likeness (QED) is 0.857. The van der Waals surface area contributed by atoms with Crippen molar-refractivity contribution in [3.05, 3.63) is 35.4 Å². The molecule has 1 aromatic carbocycles. The van der Waals surface area contributed by atoms with Crippen LogP contribution < -0.4 is 5.32 Å². The fourth-order valence-corrected chi connectivity index (χ4v) is 2.64. The van der Waals surface area contributed by atoms with Crippen molar-refractivity contribution in [1.29, 1.82) is 0 Å². The van der Waals surface area contributed by atoms with Gasteiger partial charge in [0.15, 0.2) is 0 Å². The highest BCUT2D eigenvalue weighted by Gasteiger charge is 2.26. The van der Waals surface area contributed by atoms with Gasteiger partial charge in [0.2, 0.25) is 0 Å². The highest BCUT2D eigenvalue weighted by molar-refractivity contribution is 5.27. The lowest BCUT2D eigenvalue weighted by Crippen LogP contribution is -2.31. The number of likely N-dealkylation sites (N-methyl/N-ethyl adjacent to an activating group) is 1. The zero-order valence-electron chi connectivity index (χ0n) is 11.8. The second-order valence-corrected chi connectivity index (χ2v) is 5.41. The molecule has 2 nitrogen and oxygen atoms in total. The van der Waals surface area contributed by atoms with Crippen LogP contribution in [0.3, 0.4) is 0 Å². The Kier molecular flexibility index (Phi) is 4.79. The first-order valence-electron chi connectivity index (χ1n) is 7.17. The van der Waals surface area contributed by atoms with E-state index in [-0.39, 0.29) is 0 Å². The lowest BCUT2D eigenvalue weighted by molar-refractivity contribution is 0.0788. The van der Waals surface area contributed by atoms with Gasteiger partial charge in [-0.15, -0.1) is 0 Å². The van der Waals surface area contributed by atoms with Crippen LogP contribution in [-0.4, -0.2) is 19.3 Å². The van der Waals surface area contributed by atoms with E-state index in [0.29, 0.717) is 18.1 Å². The van der Waals surface area contributed by atoms with E-state index in [4.69, 9.17) is 4.74 Å². The first kappa shape index (κ1) is 13.6. The summed E-state index contributed by atoms with van der Waals surface area (Å²) < 4.78 is 5.84. The molecule has 2 heteroatoms. The van der Waals surface area contributed by atoms with Crippen LogP contribution >= 0.6 is 0 Å². The van der Waals surface area contributed by atoms with Crippen LogP contribution in [0.2, 0.25) is 0 Å². The first-order chi connectivity index (χ1) is 8.72. The van der Waals surface area contributed by atoms with Crippen molar-refractivity contribution in [3.63, 3.8) is 0 Å². The lowest BCUT2D eigenvalue weighted by atomic mass is 9.95. The van der Waals surface area contributed by atoms with Crippen LogP contribution in [0, 0.1) is 0 Å². The van der Waals surface area contributed by atoms with Gasteiger partial charge in [0, 0.05) is 6.61 Å². The molecule has 100 valence electrons. The van der Waals surface area contributed by atoms with Crippen LogP contribution in [0.1, 0.15) is 56.7 Å². The summed E-state index contributed by atoms with van der Waals surface area (Å²) in [5, 5.41) is 3.56. The third-order valence-electron chi connectivity index (χ3n) is 3.72. The van der Waals surface area contributed by atoms with Crippen molar-refractivity contribution in [2.45, 2.75) is 51.7 Å². The SMILES string of the molecule is CCNC(c1ccc(C(C)C)cc1)C1CCCO1. The van der Waals surface area contributed by atoms with Crippen molar-refractivity contribution in [2.24, 2.45) is 0 Å². The van der Waals surface area contributed by atoms with Gasteiger partial charge < -0.3 is 10.1 Å². The maximum absolute atomic E-state index is 5.84. The van der Waals surface area contributed by atoms with Gasteiger partial charge in [0.25, 0.3) is 0 Å². The molecule has 18 heavy (non-hydrogen) atoms. The molecule has 1 aliphatic rings. The zero-order valence-corrected chi connectivity index (χ0v) is 11.8. The molecule has 2 rings (SSSR count). The van der Waals surface area contributed by atoms with Crippen LogP contribution in [0.25, 0.3) is 0 Å². The Labute approximate surface area is 111 Å². The average Bonchev–Trinajstić information content (AvgIpc) is 2.90. The number of nitrogens with one attached hydrogen (secondary N) is 1. The van der Waals surface area contributed by atoms with Crippen molar-refractivity contribution >= 4 is 0 Å². The van der Waals surface area contributed by atoms with Crippen molar-refractivity contribution in [1.82, 2.24) is 5.32 Å². The summed E-state index contributed by atoms with van der Waals surface area (Å²) in [6.45, 7) is 8.52. The Bertz CT molecular complexity index is 352. The summed E-state index contributed by atoms with van der Waals surface area (Å²) in [5.41, 5.74) is 2.76. The van der Waals surface area contributed by atoms with E-state index in [1.54, 1.807) is 0 Å². The molecule has 1 heterocycles. The molecule has 1 fully saturated rings. The van der Waals surface area contributed by atoms with E-state index in [2.05, 4.69) is 50.4 Å². The maximum Gasteiger partial charge on any atom is 0.0770 e. The average molecular weight is 247 g/mol. The van der Waals surface area contributed by atoms with Crippen LogP contribution in [-0.2, 0) is 4.74 Å². The standard InChI is InChI=1S/C16H25NO/c1-4-17-16(15-6-5-11-18-15)14-9-7-13(8-10-14)12(2)3/h7-10,12,15-17H,4-6,11H2,1-3H3. The van der Waals surface area contributed by atoms with Crippen molar-refractivity contribution in [3.8, 4) is 0 Å². The van der Waals surface area contributed by atoms with E-state index in [1.807, 2.05) is 0 Å². The second-order valence-electron chi connectivity index (χ2n) is 5.41. The molecule has 1 N–H and O–H groups in total. The number of hydrogen-bond donors (Lipinski definition) is 1. The monoisotopic (exact) mass is 247 g/mol. The Hall–Kier alpha value is -0.860. The van der Waals surface area contributed by atoms with E-state index in [0.717, 1.165) is 13.2 Å². The highest BCUT2D eigenvalue weighted by Crippen LogP contribution is 2.27. The predicted molar refractivity (Wildman–Crippen MR) is 75.9 cm³/mol. The van der Waals surface area contributed by atoms with Gasteiger partial charge in [-0.3, -0.25) is 0 Å². The summed E-state index contributed by atoms with van der Waals surface area (Å²) in [6, 6.07) is 9.35. The second kappa shape index (κ2) is 6.35. The summed E-state index contributed by atoms with van der Waals surface area (Å²) in [7, 11) is 0. The molecule has 2 unspecified atom stereocenters. The Morgan fingerprint density at radius 3 is 2.39 bits per heavy atom. The number of hydrogen-bond acceptors (Lipinski definition) is 2. The minimum Gasteiger partial charge on any atom is -0.376 e. The molecule has 0 saturated carbocycles. The molecular formula is C16H25NO. The molecule has 0 aromatic heterocycles. The summed E-state index contributed by atoms with van der Waals surface area (Å²) >= 11 is 0. The molecule has 2 atom stereocenters. The van der Waals surface area contributed by atoms with Gasteiger partial charge in [-0.1, -0.05) is 45.0 Å². The highest BCUT2D eigenvalue weighted by atomic mass is 16.5. The number of ether oxygens (including phenoxy) is 1. The Morgan fingerprint density at radius 1 is 1.22 bits per heavy atom. The van der Waals surface area contributed by atoms with Crippen LogP contribution in [0.5, 0.6) is 0 Å². The van der Waals surface area contributed by atoms with E-state index >= 15 is 0 Å². The van der Waals surface area contributed by atoms with Gasteiger partial charge in [-0.25, -0.2) is 0 Å². The van der Waals surface area contributed by atoms with Crippen molar-refractivity contribution < 1.29 is 4.74 Å². The molecular weight excluding hydrogens is 222 g/mol. The third kappa shape index (κ3) is 3.12. The maximum atomic E-state index is 5.84. The van der Waals surface area contributed by atoms with E-state index in [9.17, 15) is 0 Å². The van der Waals surface area contributed by atoms with E-state index < -0.39 is 0 Å². The van der Waals surface area contributed by atoms with E-state index in [1.165, 1.54) is 24.0 Å². The van der Waals surface area contributed by atoms with Gasteiger partial charge in [-0.05, 0) is 36.4 Å². The zero-order chi connectivity index (χ0) is 13.0. The van der Waals surface area contributed by atoms with Crippen LogP contribution in [0.4, 0.5) is 0 Å². The molecule has 0 spiro atoms. The molecule has 1 saturated heterocycles. The summed E-state index contributed by atoms with van der Waals surface area (Å²) in [4.78, 5) is 0. The van der Waals surface area contributed by atoms with Crippen molar-refractivity contribution in [2.75, 3.05) is 13.2 Å². The summed E-state index contributed by atoms with van der Waals surface area (Å²) in [5.74, 6) is 0.597. The topological polar surface area (TPSA) is 21.3 Å². The molecule has 0 aliphatic carbocycles. The Morgan fingerprint density at radius 2 is 1.89 bits per heavy atom. The number of rotatable bonds is 5. The smallest absolute Gasteiger partial charge is 0.0770 e. The minimum absolute atomic E-state index is 0.342. The third-order valence-corrected chi connectivity index (χ3v) is 3.72. The van der Waals surface area contributed by atoms with Gasteiger partial charge in [-0.2, -0.15) is 0 Å². The largest absolute Gasteiger partial charge is 0.376 e. The fraction of sp³-hybridized carbons (Fsp3) is 0.625. The molecule has 0 radical (unpaired) electrons. The molecule has 0 bridgehead atoms. The molecule has 0 amide bonds. The first-order valence-corrected chi connectivity index (χ1v) is 7.17. The van der Waals surface area contributed by atoms with Gasteiger partial charge >= 0.3 is 0 Å². The molecule has 1 aromatic rings. The minimum atomic E-state index is 0.342. The molecule has 1 aliphatic heterocycles. The van der Waals surface area contributed by atoms with Gasteiger partial charge in [0.05, 0.1) is 12.1 Å². The summed E-state index contributed by atoms with van der Waals surface area (Å²) in [6.07, 6.45) is 2.70.